The van der Waals surface area contributed by atoms with Crippen LogP contribution in [0.5, 0.6) is 5.75 Å². The molecule has 0 bridgehead atoms. The third-order valence-corrected chi connectivity index (χ3v) is 4.09. The Labute approximate surface area is 132 Å². The number of hydrogen-bond acceptors (Lipinski definition) is 3. The molecule has 1 unspecified atom stereocenters. The molecule has 21 heavy (non-hydrogen) atoms. The Hall–Kier alpha value is -1.88. The summed E-state index contributed by atoms with van der Waals surface area (Å²) in [5, 5.41) is 0. The van der Waals surface area contributed by atoms with Crippen LogP contribution >= 0.6 is 15.9 Å². The summed E-state index contributed by atoms with van der Waals surface area (Å²) < 4.78 is 6.05. The van der Waals surface area contributed by atoms with E-state index in [2.05, 4.69) is 20.9 Å². The van der Waals surface area contributed by atoms with Crippen molar-refractivity contribution in [1.82, 2.24) is 9.88 Å². The van der Waals surface area contributed by atoms with E-state index in [-0.39, 0.29) is 11.9 Å². The van der Waals surface area contributed by atoms with Crippen molar-refractivity contribution in [2.24, 2.45) is 0 Å². The second kappa shape index (κ2) is 6.72. The number of ether oxygens (including phenoxy) is 1. The highest BCUT2D eigenvalue weighted by molar-refractivity contribution is 9.10. The van der Waals surface area contributed by atoms with E-state index in [9.17, 15) is 4.79 Å². The van der Waals surface area contributed by atoms with Crippen LogP contribution in [0.4, 0.5) is 0 Å². The molecule has 1 aromatic carbocycles. The van der Waals surface area contributed by atoms with Gasteiger partial charge in [-0.05, 0) is 41.1 Å². The highest BCUT2D eigenvalue weighted by Crippen LogP contribution is 2.29. The maximum atomic E-state index is 12.6. The van der Waals surface area contributed by atoms with E-state index in [1.54, 1.807) is 31.3 Å². The predicted molar refractivity (Wildman–Crippen MR) is 85.4 cm³/mol. The topological polar surface area (TPSA) is 42.4 Å². The molecule has 1 aromatic heterocycles. The number of carbonyl (C=O) groups excluding carboxylic acids is 1. The van der Waals surface area contributed by atoms with Crippen LogP contribution in [-0.2, 0) is 0 Å². The van der Waals surface area contributed by atoms with E-state index in [1.165, 1.54) is 0 Å². The van der Waals surface area contributed by atoms with Crippen molar-refractivity contribution >= 4 is 21.8 Å². The number of nitrogens with zero attached hydrogens (tertiary/aromatic N) is 2. The fourth-order valence-corrected chi connectivity index (χ4v) is 2.53. The second-order valence-electron chi connectivity index (χ2n) is 4.67. The summed E-state index contributed by atoms with van der Waals surface area (Å²) in [5.74, 6) is 0.630. The molecule has 0 N–H and O–H groups in total. The van der Waals surface area contributed by atoms with Crippen LogP contribution in [0.15, 0.2) is 47.1 Å². The van der Waals surface area contributed by atoms with Crippen molar-refractivity contribution in [3.8, 4) is 5.75 Å². The molecule has 4 nitrogen and oxygen atoms in total. The maximum absolute atomic E-state index is 12.6. The number of hydrogen-bond donors (Lipinski definition) is 0. The summed E-state index contributed by atoms with van der Waals surface area (Å²) in [6.45, 7) is 1.96. The minimum Gasteiger partial charge on any atom is -0.496 e. The highest BCUT2D eigenvalue weighted by Gasteiger charge is 2.23. The Balaban J connectivity index is 2.29. The van der Waals surface area contributed by atoms with Crippen LogP contribution in [0.25, 0.3) is 0 Å². The zero-order chi connectivity index (χ0) is 15.4. The summed E-state index contributed by atoms with van der Waals surface area (Å²) in [7, 11) is 3.39. The summed E-state index contributed by atoms with van der Waals surface area (Å²) in [6.07, 6.45) is 1.61. The lowest BCUT2D eigenvalue weighted by molar-refractivity contribution is 0.0734. The molecule has 1 heterocycles. The number of para-hydroxylation sites is 1. The number of aromatic nitrogens is 1. The molecule has 0 saturated heterocycles. The van der Waals surface area contributed by atoms with Crippen LogP contribution in [-0.4, -0.2) is 29.9 Å². The molecule has 2 rings (SSSR count). The van der Waals surface area contributed by atoms with Gasteiger partial charge in [-0.2, -0.15) is 0 Å². The molecule has 110 valence electrons. The van der Waals surface area contributed by atoms with Gasteiger partial charge in [-0.25, -0.2) is 4.98 Å². The lowest BCUT2D eigenvalue weighted by Crippen LogP contribution is -2.30. The first-order chi connectivity index (χ1) is 10.1. The van der Waals surface area contributed by atoms with Crippen molar-refractivity contribution in [3.63, 3.8) is 0 Å². The van der Waals surface area contributed by atoms with E-state index in [0.717, 1.165) is 11.3 Å². The van der Waals surface area contributed by atoms with Crippen LogP contribution in [0.1, 0.15) is 29.0 Å². The van der Waals surface area contributed by atoms with Crippen molar-refractivity contribution in [2.75, 3.05) is 14.2 Å². The van der Waals surface area contributed by atoms with Crippen LogP contribution < -0.4 is 4.74 Å². The predicted octanol–water partition coefficient (Wildman–Crippen LogP) is 3.69. The molecule has 0 saturated carbocycles. The van der Waals surface area contributed by atoms with Crippen LogP contribution in [0.2, 0.25) is 0 Å². The monoisotopic (exact) mass is 348 g/mol. The Bertz CT molecular complexity index is 646. The molecule has 0 aliphatic heterocycles. The minimum absolute atomic E-state index is 0.123. The number of amides is 1. The van der Waals surface area contributed by atoms with Gasteiger partial charge in [0.15, 0.2) is 0 Å². The fraction of sp³-hybridized carbons (Fsp3) is 0.250. The lowest BCUT2D eigenvalue weighted by Gasteiger charge is -2.26. The molecule has 0 spiro atoms. The molecular formula is C16H17BrN2O2. The van der Waals surface area contributed by atoms with Gasteiger partial charge in [0.05, 0.1) is 13.2 Å². The second-order valence-corrected chi connectivity index (χ2v) is 5.52. The quantitative estimate of drug-likeness (QED) is 0.846. The van der Waals surface area contributed by atoms with Gasteiger partial charge in [0, 0.05) is 23.3 Å². The number of carbonyl (C=O) groups is 1. The standard InChI is InChI=1S/C16H17BrN2O2/c1-11(12-7-4-5-9-14(12)21-3)19(2)16(20)15-13(17)8-6-10-18-15/h4-11H,1-3H3. The smallest absolute Gasteiger partial charge is 0.273 e. The average Bonchev–Trinajstić information content (AvgIpc) is 2.53. The van der Waals surface area contributed by atoms with Gasteiger partial charge in [-0.3, -0.25) is 4.79 Å². The zero-order valence-corrected chi connectivity index (χ0v) is 13.8. The summed E-state index contributed by atoms with van der Waals surface area (Å²) in [5.41, 5.74) is 1.37. The van der Waals surface area contributed by atoms with Crippen LogP contribution in [0.3, 0.4) is 0 Å². The molecule has 1 amide bonds. The summed E-state index contributed by atoms with van der Waals surface area (Å²) in [6, 6.07) is 11.2. The van der Waals surface area contributed by atoms with E-state index >= 15 is 0 Å². The molecule has 0 fully saturated rings. The number of halogens is 1. The van der Waals surface area contributed by atoms with Gasteiger partial charge in [0.1, 0.15) is 11.4 Å². The normalized spacial score (nSPS) is 11.8. The molecule has 2 aromatic rings. The maximum Gasteiger partial charge on any atom is 0.273 e. The van der Waals surface area contributed by atoms with Gasteiger partial charge < -0.3 is 9.64 Å². The Morgan fingerprint density at radius 2 is 2.00 bits per heavy atom. The van der Waals surface area contributed by atoms with Gasteiger partial charge in [0.25, 0.3) is 5.91 Å². The first-order valence-corrected chi connectivity index (χ1v) is 7.36. The largest absolute Gasteiger partial charge is 0.496 e. The molecule has 0 aliphatic rings. The summed E-state index contributed by atoms with van der Waals surface area (Å²) in [4.78, 5) is 18.4. The third-order valence-electron chi connectivity index (χ3n) is 3.45. The third kappa shape index (κ3) is 3.24. The number of methoxy groups -OCH3 is 1. The summed E-state index contributed by atoms with van der Waals surface area (Å²) >= 11 is 3.36. The highest BCUT2D eigenvalue weighted by atomic mass is 79.9. The van der Waals surface area contributed by atoms with E-state index in [4.69, 9.17) is 4.74 Å². The number of pyridine rings is 1. The zero-order valence-electron chi connectivity index (χ0n) is 12.2. The van der Waals surface area contributed by atoms with Crippen molar-refractivity contribution in [2.45, 2.75) is 13.0 Å². The Morgan fingerprint density at radius 3 is 2.67 bits per heavy atom. The molecular weight excluding hydrogens is 332 g/mol. The molecule has 0 aliphatic carbocycles. The van der Waals surface area contributed by atoms with Crippen molar-refractivity contribution in [1.29, 1.82) is 0 Å². The van der Waals surface area contributed by atoms with Crippen LogP contribution in [0, 0.1) is 0 Å². The number of benzene rings is 1. The van der Waals surface area contributed by atoms with Gasteiger partial charge in [-0.15, -0.1) is 0 Å². The fourth-order valence-electron chi connectivity index (χ4n) is 2.11. The van der Waals surface area contributed by atoms with Gasteiger partial charge in [-0.1, -0.05) is 18.2 Å². The van der Waals surface area contributed by atoms with E-state index < -0.39 is 0 Å². The lowest BCUT2D eigenvalue weighted by atomic mass is 10.1. The molecule has 5 heteroatoms. The molecule has 1 atom stereocenters. The van der Waals surface area contributed by atoms with E-state index in [0.29, 0.717) is 10.2 Å². The Kier molecular flexibility index (Phi) is 4.96. The van der Waals surface area contributed by atoms with Gasteiger partial charge in [0.2, 0.25) is 0 Å². The number of rotatable bonds is 4. The van der Waals surface area contributed by atoms with Crippen molar-refractivity contribution < 1.29 is 9.53 Å². The first-order valence-electron chi connectivity index (χ1n) is 6.57. The van der Waals surface area contributed by atoms with E-state index in [1.807, 2.05) is 37.3 Å². The molecule has 0 radical (unpaired) electrons. The van der Waals surface area contributed by atoms with Gasteiger partial charge >= 0.3 is 0 Å². The SMILES string of the molecule is COc1ccccc1C(C)N(C)C(=O)c1ncccc1Br. The minimum atomic E-state index is -0.138. The first kappa shape index (κ1) is 15.5. The Morgan fingerprint density at radius 1 is 1.29 bits per heavy atom. The van der Waals surface area contributed by atoms with Crippen molar-refractivity contribution in [3.05, 3.63) is 58.3 Å². The average molecular weight is 349 g/mol.